The average molecular weight is 190 g/mol. The molecule has 0 aromatic rings. The highest BCUT2D eigenvalue weighted by molar-refractivity contribution is 8.01. The van der Waals surface area contributed by atoms with Crippen molar-refractivity contribution in [1.82, 2.24) is 0 Å². The first kappa shape index (κ1) is 11.8. The van der Waals surface area contributed by atoms with Crippen LogP contribution < -0.4 is 0 Å². The maximum absolute atomic E-state index is 10.3. The number of carboxylic acids is 1. The van der Waals surface area contributed by atoms with Gasteiger partial charge in [-0.25, -0.2) is 0 Å². The second kappa shape index (κ2) is 5.46. The number of rotatable bonds is 6. The lowest BCUT2D eigenvalue weighted by Gasteiger charge is -2.26. The van der Waals surface area contributed by atoms with E-state index in [-0.39, 0.29) is 10.5 Å². The van der Waals surface area contributed by atoms with E-state index in [4.69, 9.17) is 5.11 Å². The van der Waals surface area contributed by atoms with Crippen LogP contribution in [0.5, 0.6) is 0 Å². The van der Waals surface area contributed by atoms with E-state index in [2.05, 4.69) is 20.8 Å². The monoisotopic (exact) mass is 190 g/mol. The fraction of sp³-hybridized carbons (Fsp3) is 0.889. The molecule has 2 nitrogen and oxygen atoms in total. The van der Waals surface area contributed by atoms with E-state index in [1.807, 2.05) is 0 Å². The van der Waals surface area contributed by atoms with E-state index < -0.39 is 5.97 Å². The van der Waals surface area contributed by atoms with E-state index in [9.17, 15) is 4.79 Å². The average Bonchev–Trinajstić information content (AvgIpc) is 2.02. The topological polar surface area (TPSA) is 37.3 Å². The summed E-state index contributed by atoms with van der Waals surface area (Å²) in [5.41, 5.74) is 0. The number of carbonyl (C=O) groups is 1. The molecule has 0 aromatic heterocycles. The summed E-state index contributed by atoms with van der Waals surface area (Å²) in [6.45, 7) is 6.39. The van der Waals surface area contributed by atoms with Crippen LogP contribution in [0.15, 0.2) is 0 Å². The van der Waals surface area contributed by atoms with Crippen molar-refractivity contribution in [3.63, 3.8) is 0 Å². The highest BCUT2D eigenvalue weighted by atomic mass is 32.2. The molecule has 0 spiro atoms. The Bertz CT molecular complexity index is 147. The number of hydrogen-bond donors (Lipinski definition) is 1. The Morgan fingerprint density at radius 2 is 2.08 bits per heavy atom. The smallest absolute Gasteiger partial charge is 0.313 e. The van der Waals surface area contributed by atoms with Crippen molar-refractivity contribution in [3.8, 4) is 0 Å². The summed E-state index contributed by atoms with van der Waals surface area (Å²) in [5.74, 6) is -0.486. The van der Waals surface area contributed by atoms with Crippen LogP contribution in [0.4, 0.5) is 0 Å². The van der Waals surface area contributed by atoms with E-state index in [0.29, 0.717) is 0 Å². The number of carboxylic acid groups (broad SMARTS) is 1. The highest BCUT2D eigenvalue weighted by Crippen LogP contribution is 2.32. The molecule has 0 bridgehead atoms. The van der Waals surface area contributed by atoms with Crippen LogP contribution in [0.1, 0.15) is 40.0 Å². The molecule has 0 aromatic carbocycles. The molecule has 0 aliphatic rings. The number of hydrogen-bond acceptors (Lipinski definition) is 2. The van der Waals surface area contributed by atoms with Gasteiger partial charge in [-0.2, -0.15) is 0 Å². The first-order chi connectivity index (χ1) is 5.54. The quantitative estimate of drug-likeness (QED) is 0.699. The molecule has 72 valence electrons. The van der Waals surface area contributed by atoms with Gasteiger partial charge in [0.15, 0.2) is 0 Å². The van der Waals surface area contributed by atoms with Crippen LogP contribution in [-0.4, -0.2) is 21.6 Å². The largest absolute Gasteiger partial charge is 0.481 e. The Balaban J connectivity index is 3.86. The summed E-state index contributed by atoms with van der Waals surface area (Å²) < 4.78 is 0.160. The van der Waals surface area contributed by atoms with Gasteiger partial charge >= 0.3 is 5.97 Å². The van der Waals surface area contributed by atoms with Gasteiger partial charge in [0, 0.05) is 4.75 Å². The van der Waals surface area contributed by atoms with E-state index >= 15 is 0 Å². The second-order valence-electron chi connectivity index (χ2n) is 3.24. The first-order valence-electron chi connectivity index (χ1n) is 4.40. The Morgan fingerprint density at radius 3 is 2.42 bits per heavy atom. The van der Waals surface area contributed by atoms with Crippen LogP contribution in [0.2, 0.25) is 0 Å². The minimum atomic E-state index is -0.712. The third-order valence-corrected chi connectivity index (χ3v) is 3.65. The third-order valence-electron chi connectivity index (χ3n) is 2.07. The zero-order chi connectivity index (χ0) is 9.61. The first-order valence-corrected chi connectivity index (χ1v) is 5.38. The van der Waals surface area contributed by atoms with Crippen molar-refractivity contribution in [3.05, 3.63) is 0 Å². The zero-order valence-electron chi connectivity index (χ0n) is 8.09. The number of thioether (sulfide) groups is 1. The van der Waals surface area contributed by atoms with Crippen molar-refractivity contribution < 1.29 is 9.90 Å². The van der Waals surface area contributed by atoms with Gasteiger partial charge in [-0.1, -0.05) is 27.2 Å². The predicted octanol–water partition coefficient (Wildman–Crippen LogP) is 2.77. The van der Waals surface area contributed by atoms with Crippen LogP contribution in [0, 0.1) is 0 Å². The Labute approximate surface area is 78.7 Å². The van der Waals surface area contributed by atoms with Gasteiger partial charge in [0.1, 0.15) is 0 Å². The van der Waals surface area contributed by atoms with Crippen molar-refractivity contribution >= 4 is 17.7 Å². The van der Waals surface area contributed by atoms with Crippen molar-refractivity contribution in [1.29, 1.82) is 0 Å². The summed E-state index contributed by atoms with van der Waals surface area (Å²) in [4.78, 5) is 10.3. The molecule has 1 N–H and O–H groups in total. The molecule has 0 saturated heterocycles. The van der Waals surface area contributed by atoms with Crippen molar-refractivity contribution in [2.24, 2.45) is 0 Å². The second-order valence-corrected chi connectivity index (χ2v) is 4.80. The standard InChI is InChI=1S/C9H18O2S/c1-4-6-9(3,5-2)12-7-8(10)11/h4-7H2,1-3H3,(H,10,11). The summed E-state index contributed by atoms with van der Waals surface area (Å²) >= 11 is 1.56. The Kier molecular flexibility index (Phi) is 5.38. The van der Waals surface area contributed by atoms with Crippen LogP contribution in [-0.2, 0) is 4.79 Å². The third kappa shape index (κ3) is 4.65. The van der Waals surface area contributed by atoms with Crippen LogP contribution >= 0.6 is 11.8 Å². The Hall–Kier alpha value is -0.180. The fourth-order valence-corrected chi connectivity index (χ4v) is 2.14. The van der Waals surface area contributed by atoms with E-state index in [1.165, 1.54) is 0 Å². The van der Waals surface area contributed by atoms with Gasteiger partial charge in [0.25, 0.3) is 0 Å². The van der Waals surface area contributed by atoms with E-state index in [0.717, 1.165) is 19.3 Å². The van der Waals surface area contributed by atoms with Gasteiger partial charge in [0.05, 0.1) is 5.75 Å². The molecule has 0 amide bonds. The highest BCUT2D eigenvalue weighted by Gasteiger charge is 2.22. The summed E-state index contributed by atoms with van der Waals surface area (Å²) in [7, 11) is 0. The molecule has 0 aliphatic carbocycles. The number of aliphatic carboxylic acids is 1. The maximum Gasteiger partial charge on any atom is 0.313 e. The van der Waals surface area contributed by atoms with Gasteiger partial charge in [-0.3, -0.25) is 4.79 Å². The summed E-state index contributed by atoms with van der Waals surface area (Å²) in [6.07, 6.45) is 3.26. The normalized spacial score (nSPS) is 15.6. The lowest BCUT2D eigenvalue weighted by Crippen LogP contribution is -2.20. The van der Waals surface area contributed by atoms with Crippen molar-refractivity contribution in [2.75, 3.05) is 5.75 Å². The molecule has 1 unspecified atom stereocenters. The van der Waals surface area contributed by atoms with Crippen molar-refractivity contribution in [2.45, 2.75) is 44.8 Å². The minimum absolute atomic E-state index is 0.160. The SMILES string of the molecule is CCCC(C)(CC)SCC(=O)O. The summed E-state index contributed by atoms with van der Waals surface area (Å²) in [5, 5.41) is 8.52. The predicted molar refractivity (Wildman–Crippen MR) is 53.7 cm³/mol. The van der Waals surface area contributed by atoms with Gasteiger partial charge in [0.2, 0.25) is 0 Å². The lowest BCUT2D eigenvalue weighted by atomic mass is 10.0. The molecule has 0 heterocycles. The molecule has 1 atom stereocenters. The van der Waals surface area contributed by atoms with Crippen LogP contribution in [0.25, 0.3) is 0 Å². The molecule has 0 rings (SSSR count). The zero-order valence-corrected chi connectivity index (χ0v) is 8.91. The molecular weight excluding hydrogens is 172 g/mol. The lowest BCUT2D eigenvalue weighted by molar-refractivity contribution is -0.133. The molecule has 0 fully saturated rings. The Morgan fingerprint density at radius 1 is 1.50 bits per heavy atom. The maximum atomic E-state index is 10.3. The van der Waals surface area contributed by atoms with Gasteiger partial charge < -0.3 is 5.11 Å². The molecule has 0 saturated carbocycles. The molecule has 0 radical (unpaired) electrons. The van der Waals surface area contributed by atoms with Gasteiger partial charge in [-0.15, -0.1) is 11.8 Å². The molecular formula is C9H18O2S. The van der Waals surface area contributed by atoms with Crippen LogP contribution in [0.3, 0.4) is 0 Å². The minimum Gasteiger partial charge on any atom is -0.481 e. The molecule has 12 heavy (non-hydrogen) atoms. The van der Waals surface area contributed by atoms with Gasteiger partial charge in [-0.05, 0) is 12.8 Å². The fourth-order valence-electron chi connectivity index (χ4n) is 1.12. The molecule has 0 aliphatic heterocycles. The van der Waals surface area contributed by atoms with E-state index in [1.54, 1.807) is 11.8 Å². The summed E-state index contributed by atoms with van der Waals surface area (Å²) in [6, 6.07) is 0. The molecule has 3 heteroatoms.